The molecule has 1 unspecified atom stereocenters. The zero-order valence-electron chi connectivity index (χ0n) is 15.2. The summed E-state index contributed by atoms with van der Waals surface area (Å²) in [5.74, 6) is 1.20. The number of aliphatic imine (C=N–C) groups is 2. The van der Waals surface area contributed by atoms with Crippen LogP contribution in [0.1, 0.15) is 24.5 Å². The Labute approximate surface area is 155 Å². The number of aryl methyl sites for hydroxylation is 1. The van der Waals surface area contributed by atoms with Gasteiger partial charge in [-0.1, -0.05) is 0 Å². The van der Waals surface area contributed by atoms with Crippen molar-refractivity contribution in [1.29, 1.82) is 0 Å². The summed E-state index contributed by atoms with van der Waals surface area (Å²) in [5.41, 5.74) is 0.609. The molecule has 1 fully saturated rings. The van der Waals surface area contributed by atoms with Gasteiger partial charge in [-0.05, 0) is 31.5 Å². The van der Waals surface area contributed by atoms with E-state index in [1.54, 1.807) is 13.1 Å². The van der Waals surface area contributed by atoms with Crippen molar-refractivity contribution in [3.8, 4) is 0 Å². The van der Waals surface area contributed by atoms with E-state index < -0.39 is 11.7 Å². The third-order valence-corrected chi connectivity index (χ3v) is 4.86. The van der Waals surface area contributed by atoms with Crippen LogP contribution in [-0.4, -0.2) is 55.0 Å². The summed E-state index contributed by atoms with van der Waals surface area (Å²) >= 11 is 0. The predicted molar refractivity (Wildman–Crippen MR) is 100 cm³/mol. The molecule has 1 aromatic rings. The molecule has 0 saturated carbocycles. The first-order valence-corrected chi connectivity index (χ1v) is 9.01. The van der Waals surface area contributed by atoms with Crippen molar-refractivity contribution >= 4 is 29.3 Å². The Bertz CT molecular complexity index is 836. The molecule has 1 atom stereocenters. The SMILES string of the molecule is Cc1cc(C(F)(F)F)cc2c1N=C(N1CCNCC1)C1=NC(C)CC=NN12. The lowest BCUT2D eigenvalue weighted by atomic mass is 10.0. The van der Waals surface area contributed by atoms with Crippen LogP contribution >= 0.6 is 0 Å². The lowest BCUT2D eigenvalue weighted by Gasteiger charge is -2.36. The number of hydrogen-bond donors (Lipinski definition) is 1. The van der Waals surface area contributed by atoms with E-state index in [-0.39, 0.29) is 6.04 Å². The van der Waals surface area contributed by atoms with Crippen molar-refractivity contribution in [2.45, 2.75) is 32.5 Å². The van der Waals surface area contributed by atoms with Crippen LogP contribution in [0.25, 0.3) is 0 Å². The molecule has 3 heterocycles. The van der Waals surface area contributed by atoms with Crippen molar-refractivity contribution in [1.82, 2.24) is 10.2 Å². The van der Waals surface area contributed by atoms with Crippen molar-refractivity contribution in [2.75, 3.05) is 31.2 Å². The third kappa shape index (κ3) is 3.31. The molecule has 3 aliphatic rings. The van der Waals surface area contributed by atoms with Gasteiger partial charge in [0, 0.05) is 38.8 Å². The maximum atomic E-state index is 13.3. The molecule has 1 aromatic carbocycles. The maximum Gasteiger partial charge on any atom is 0.416 e. The van der Waals surface area contributed by atoms with E-state index in [9.17, 15) is 13.2 Å². The van der Waals surface area contributed by atoms with Crippen LogP contribution in [0, 0.1) is 6.92 Å². The Hall–Kier alpha value is -2.42. The van der Waals surface area contributed by atoms with E-state index in [1.165, 1.54) is 5.01 Å². The Morgan fingerprint density at radius 3 is 2.59 bits per heavy atom. The van der Waals surface area contributed by atoms with Crippen LogP contribution < -0.4 is 10.3 Å². The normalized spacial score (nSPS) is 22.6. The summed E-state index contributed by atoms with van der Waals surface area (Å²) in [6.45, 7) is 6.79. The molecule has 4 rings (SSSR count). The van der Waals surface area contributed by atoms with E-state index in [0.717, 1.165) is 38.3 Å². The minimum absolute atomic E-state index is 0.0182. The molecule has 0 bridgehead atoms. The highest BCUT2D eigenvalue weighted by molar-refractivity contribution is 6.47. The zero-order valence-corrected chi connectivity index (χ0v) is 15.2. The molecule has 0 aliphatic carbocycles. The number of piperazine rings is 1. The fourth-order valence-electron chi connectivity index (χ4n) is 3.46. The molecule has 6 nitrogen and oxygen atoms in total. The summed E-state index contributed by atoms with van der Waals surface area (Å²) in [5, 5.41) is 9.25. The Balaban J connectivity index is 1.91. The van der Waals surface area contributed by atoms with E-state index in [4.69, 9.17) is 9.98 Å². The van der Waals surface area contributed by atoms with Crippen molar-refractivity contribution < 1.29 is 13.2 Å². The van der Waals surface area contributed by atoms with Gasteiger partial charge >= 0.3 is 6.18 Å². The number of hydrazone groups is 1. The van der Waals surface area contributed by atoms with E-state index in [1.807, 2.05) is 6.92 Å². The van der Waals surface area contributed by atoms with Gasteiger partial charge in [-0.3, -0.25) is 4.99 Å². The maximum absolute atomic E-state index is 13.3. The van der Waals surface area contributed by atoms with Gasteiger partial charge in [0.1, 0.15) is 0 Å². The average Bonchev–Trinajstić information content (AvgIpc) is 2.82. The molecule has 0 spiro atoms. The molecule has 0 amide bonds. The quantitative estimate of drug-likeness (QED) is 0.755. The molecule has 3 aliphatic heterocycles. The number of nitrogens with one attached hydrogen (secondary N) is 1. The van der Waals surface area contributed by atoms with Gasteiger partial charge in [-0.25, -0.2) is 10.0 Å². The highest BCUT2D eigenvalue weighted by Crippen LogP contribution is 2.42. The molecule has 0 aromatic heterocycles. The van der Waals surface area contributed by atoms with Crippen molar-refractivity contribution in [3.05, 3.63) is 23.3 Å². The highest BCUT2D eigenvalue weighted by atomic mass is 19.4. The molecular weight excluding hydrogens is 357 g/mol. The first kappa shape index (κ1) is 18.0. The summed E-state index contributed by atoms with van der Waals surface area (Å²) in [6.07, 6.45) is -2.09. The standard InChI is InChI=1S/C18H21F3N6/c1-11-9-13(18(19,20)21)10-14-15(11)25-16(26-7-5-22-6-8-26)17-24-12(2)3-4-23-27(14)17/h4,9-10,12,22H,3,5-8H2,1-2H3. The molecule has 27 heavy (non-hydrogen) atoms. The number of rotatable bonds is 0. The number of amidine groups is 2. The van der Waals surface area contributed by atoms with E-state index in [0.29, 0.717) is 35.0 Å². The monoisotopic (exact) mass is 378 g/mol. The summed E-state index contributed by atoms with van der Waals surface area (Å²) in [4.78, 5) is 11.6. The molecule has 0 radical (unpaired) electrons. The van der Waals surface area contributed by atoms with E-state index >= 15 is 0 Å². The minimum Gasteiger partial charge on any atom is -0.351 e. The molecule has 144 valence electrons. The topological polar surface area (TPSA) is 55.6 Å². The summed E-state index contributed by atoms with van der Waals surface area (Å²) in [6, 6.07) is 2.24. The van der Waals surface area contributed by atoms with Gasteiger partial charge in [0.25, 0.3) is 0 Å². The number of fused-ring (bicyclic) bond motifs is 3. The number of nitrogens with zero attached hydrogens (tertiary/aromatic N) is 5. The second-order valence-corrected chi connectivity index (χ2v) is 6.98. The lowest BCUT2D eigenvalue weighted by molar-refractivity contribution is -0.137. The highest BCUT2D eigenvalue weighted by Gasteiger charge is 2.37. The fourth-order valence-corrected chi connectivity index (χ4v) is 3.46. The van der Waals surface area contributed by atoms with Crippen LogP contribution in [0.4, 0.5) is 24.5 Å². The molecular formula is C18H21F3N6. The fraction of sp³-hybridized carbons (Fsp3) is 0.500. The van der Waals surface area contributed by atoms with Crippen LogP contribution in [0.3, 0.4) is 0 Å². The molecule has 1 saturated heterocycles. The summed E-state index contributed by atoms with van der Waals surface area (Å²) < 4.78 is 40.0. The minimum atomic E-state index is -4.43. The third-order valence-electron chi connectivity index (χ3n) is 4.86. The van der Waals surface area contributed by atoms with Gasteiger partial charge in [0.05, 0.1) is 23.0 Å². The van der Waals surface area contributed by atoms with Crippen LogP contribution in [0.5, 0.6) is 0 Å². The Morgan fingerprint density at radius 1 is 1.15 bits per heavy atom. The van der Waals surface area contributed by atoms with Crippen LogP contribution in [-0.2, 0) is 6.18 Å². The van der Waals surface area contributed by atoms with Gasteiger partial charge in [0.15, 0.2) is 11.7 Å². The lowest BCUT2D eigenvalue weighted by Crippen LogP contribution is -2.52. The van der Waals surface area contributed by atoms with Crippen molar-refractivity contribution in [3.63, 3.8) is 0 Å². The van der Waals surface area contributed by atoms with Gasteiger partial charge in [-0.2, -0.15) is 18.3 Å². The average molecular weight is 378 g/mol. The summed E-state index contributed by atoms with van der Waals surface area (Å²) in [7, 11) is 0. The van der Waals surface area contributed by atoms with E-state index in [2.05, 4.69) is 15.3 Å². The number of hydrogen-bond acceptors (Lipinski definition) is 6. The van der Waals surface area contributed by atoms with Gasteiger partial charge in [0.2, 0.25) is 0 Å². The Morgan fingerprint density at radius 2 is 1.89 bits per heavy atom. The smallest absolute Gasteiger partial charge is 0.351 e. The largest absolute Gasteiger partial charge is 0.416 e. The number of benzene rings is 1. The van der Waals surface area contributed by atoms with Crippen LogP contribution in [0.2, 0.25) is 0 Å². The molecule has 9 heteroatoms. The zero-order chi connectivity index (χ0) is 19.2. The second kappa shape index (κ2) is 6.63. The van der Waals surface area contributed by atoms with Gasteiger partial charge < -0.3 is 10.2 Å². The molecule has 1 N–H and O–H groups in total. The van der Waals surface area contributed by atoms with Gasteiger partial charge in [-0.15, -0.1) is 0 Å². The number of halogens is 3. The van der Waals surface area contributed by atoms with Crippen LogP contribution in [0.15, 0.2) is 27.2 Å². The number of alkyl halides is 3. The Kier molecular flexibility index (Phi) is 4.41. The second-order valence-electron chi connectivity index (χ2n) is 6.98. The number of anilines is 1. The first-order chi connectivity index (χ1) is 12.8. The predicted octanol–water partition coefficient (Wildman–Crippen LogP) is 2.95. The first-order valence-electron chi connectivity index (χ1n) is 9.01. The van der Waals surface area contributed by atoms with Crippen molar-refractivity contribution in [2.24, 2.45) is 15.1 Å².